The minimum atomic E-state index is -3.45. The van der Waals surface area contributed by atoms with Crippen LogP contribution in [0.3, 0.4) is 0 Å². The topological polar surface area (TPSA) is 49.9 Å². The van der Waals surface area contributed by atoms with Crippen molar-refractivity contribution >= 4 is 10.0 Å². The minimum Gasteiger partial charge on any atom is -0.379 e. The zero-order valence-corrected chi connectivity index (χ0v) is 17.1. The molecule has 0 amide bonds. The molecule has 0 aliphatic carbocycles. The summed E-state index contributed by atoms with van der Waals surface area (Å²) in [6, 6.07) is 7.48. The molecule has 1 aromatic rings. The lowest BCUT2D eigenvalue weighted by Crippen LogP contribution is -2.42. The van der Waals surface area contributed by atoms with Crippen molar-refractivity contribution in [2.24, 2.45) is 11.3 Å². The summed E-state index contributed by atoms with van der Waals surface area (Å²) in [5.74, 6) is 0.679. The molecular weight excluding hydrogens is 348 g/mol. The Bertz CT molecular complexity index is 704. The van der Waals surface area contributed by atoms with Crippen molar-refractivity contribution in [1.29, 1.82) is 0 Å². The second kappa shape index (κ2) is 7.97. The molecule has 2 aliphatic heterocycles. The Kier molecular flexibility index (Phi) is 6.07. The van der Waals surface area contributed by atoms with Gasteiger partial charge in [-0.3, -0.25) is 4.90 Å². The van der Waals surface area contributed by atoms with E-state index in [1.165, 1.54) is 12.8 Å². The maximum atomic E-state index is 13.1. The molecule has 0 N–H and O–H groups in total. The van der Waals surface area contributed by atoms with E-state index in [4.69, 9.17) is 4.74 Å². The molecule has 6 heteroatoms. The summed E-state index contributed by atoms with van der Waals surface area (Å²) < 4.78 is 33.1. The van der Waals surface area contributed by atoms with Gasteiger partial charge in [-0.15, -0.1) is 0 Å². The number of ether oxygens (including phenoxy) is 1. The number of rotatable bonds is 5. The highest BCUT2D eigenvalue weighted by Gasteiger charge is 2.34. The molecule has 146 valence electrons. The van der Waals surface area contributed by atoms with Gasteiger partial charge in [-0.05, 0) is 48.9 Å². The van der Waals surface area contributed by atoms with Gasteiger partial charge in [-0.2, -0.15) is 4.31 Å². The van der Waals surface area contributed by atoms with E-state index in [0.29, 0.717) is 49.1 Å². The fourth-order valence-corrected chi connectivity index (χ4v) is 5.47. The van der Waals surface area contributed by atoms with Crippen molar-refractivity contribution in [3.63, 3.8) is 0 Å². The van der Waals surface area contributed by atoms with E-state index in [0.717, 1.165) is 18.7 Å². The van der Waals surface area contributed by atoms with Gasteiger partial charge in [-0.25, -0.2) is 8.42 Å². The van der Waals surface area contributed by atoms with Crippen LogP contribution >= 0.6 is 0 Å². The predicted molar refractivity (Wildman–Crippen MR) is 103 cm³/mol. The number of benzene rings is 1. The molecule has 0 saturated carbocycles. The second-order valence-corrected chi connectivity index (χ2v) is 10.1. The van der Waals surface area contributed by atoms with Crippen LogP contribution in [0.15, 0.2) is 29.2 Å². The first-order chi connectivity index (χ1) is 12.3. The lowest BCUT2D eigenvalue weighted by Gasteiger charge is -2.42. The first-order valence-corrected chi connectivity index (χ1v) is 11.1. The molecule has 0 radical (unpaired) electrons. The van der Waals surface area contributed by atoms with E-state index >= 15 is 0 Å². The van der Waals surface area contributed by atoms with E-state index in [2.05, 4.69) is 25.7 Å². The van der Waals surface area contributed by atoms with E-state index < -0.39 is 10.0 Å². The van der Waals surface area contributed by atoms with Gasteiger partial charge in [-0.1, -0.05) is 39.0 Å². The molecule has 0 unspecified atom stereocenters. The third-order valence-corrected chi connectivity index (χ3v) is 8.35. The van der Waals surface area contributed by atoms with E-state index in [1.54, 1.807) is 10.4 Å². The molecule has 2 aliphatic rings. The molecule has 5 nitrogen and oxygen atoms in total. The Morgan fingerprint density at radius 3 is 2.31 bits per heavy atom. The Morgan fingerprint density at radius 1 is 1.08 bits per heavy atom. The van der Waals surface area contributed by atoms with Crippen LogP contribution in [0.25, 0.3) is 0 Å². The Labute approximate surface area is 158 Å². The number of likely N-dealkylation sites (tertiary alicyclic amines) is 1. The van der Waals surface area contributed by atoms with Gasteiger partial charge < -0.3 is 4.74 Å². The zero-order valence-electron chi connectivity index (χ0n) is 16.3. The summed E-state index contributed by atoms with van der Waals surface area (Å²) in [5.41, 5.74) is 1.31. The highest BCUT2D eigenvalue weighted by molar-refractivity contribution is 7.89. The third kappa shape index (κ3) is 4.14. The Hall–Kier alpha value is -0.950. The smallest absolute Gasteiger partial charge is 0.243 e. The lowest BCUT2D eigenvalue weighted by molar-refractivity contribution is 0.0719. The van der Waals surface area contributed by atoms with Gasteiger partial charge in [0, 0.05) is 19.6 Å². The van der Waals surface area contributed by atoms with Crippen molar-refractivity contribution in [2.45, 2.75) is 45.1 Å². The molecule has 0 spiro atoms. The fraction of sp³-hybridized carbons (Fsp3) is 0.700. The first-order valence-electron chi connectivity index (χ1n) is 9.71. The average Bonchev–Trinajstić information content (AvgIpc) is 2.65. The second-order valence-electron chi connectivity index (χ2n) is 8.21. The van der Waals surface area contributed by atoms with Crippen LogP contribution in [-0.2, 0) is 21.3 Å². The summed E-state index contributed by atoms with van der Waals surface area (Å²) in [4.78, 5) is 2.86. The van der Waals surface area contributed by atoms with Gasteiger partial charge in [0.1, 0.15) is 0 Å². The monoisotopic (exact) mass is 380 g/mol. The summed E-state index contributed by atoms with van der Waals surface area (Å²) in [6.07, 6.45) is 2.34. The summed E-state index contributed by atoms with van der Waals surface area (Å²) in [7, 11) is -3.45. The van der Waals surface area contributed by atoms with Crippen LogP contribution in [0.5, 0.6) is 0 Å². The van der Waals surface area contributed by atoms with Gasteiger partial charge in [0.2, 0.25) is 10.0 Å². The number of morpholine rings is 1. The Balaban J connectivity index is 1.74. The van der Waals surface area contributed by atoms with Crippen LogP contribution < -0.4 is 0 Å². The fourth-order valence-electron chi connectivity index (χ4n) is 3.85. The largest absolute Gasteiger partial charge is 0.379 e. The van der Waals surface area contributed by atoms with Crippen LogP contribution in [-0.4, -0.2) is 57.0 Å². The summed E-state index contributed by atoms with van der Waals surface area (Å²) >= 11 is 0. The van der Waals surface area contributed by atoms with Crippen LogP contribution in [0, 0.1) is 11.3 Å². The number of hydrogen-bond donors (Lipinski definition) is 0. The normalized spacial score (nSPS) is 22.6. The highest BCUT2D eigenvalue weighted by atomic mass is 32.2. The lowest BCUT2D eigenvalue weighted by atomic mass is 9.72. The van der Waals surface area contributed by atoms with Crippen molar-refractivity contribution in [2.75, 3.05) is 39.4 Å². The van der Waals surface area contributed by atoms with E-state index in [9.17, 15) is 8.42 Å². The quantitative estimate of drug-likeness (QED) is 0.788. The average molecular weight is 381 g/mol. The number of nitrogens with zero attached hydrogens (tertiary/aromatic N) is 2. The number of sulfonamides is 1. The molecule has 3 rings (SSSR count). The van der Waals surface area contributed by atoms with E-state index in [1.807, 2.05) is 18.2 Å². The van der Waals surface area contributed by atoms with E-state index in [-0.39, 0.29) is 0 Å². The molecule has 0 bridgehead atoms. The molecule has 1 aromatic carbocycles. The van der Waals surface area contributed by atoms with Crippen LogP contribution in [0.4, 0.5) is 0 Å². The highest BCUT2D eigenvalue weighted by Crippen LogP contribution is 2.38. The molecule has 0 atom stereocenters. The SMILES string of the molecule is CC(C)C1(C)CCN(Cc2ccccc2S(=O)(=O)N2CCOCC2)CC1. The minimum absolute atomic E-state index is 0.399. The first kappa shape index (κ1) is 19.8. The van der Waals surface area contributed by atoms with Crippen molar-refractivity contribution in [3.05, 3.63) is 29.8 Å². The van der Waals surface area contributed by atoms with Crippen molar-refractivity contribution in [1.82, 2.24) is 9.21 Å². The van der Waals surface area contributed by atoms with Gasteiger partial charge in [0.15, 0.2) is 0 Å². The van der Waals surface area contributed by atoms with Crippen LogP contribution in [0.2, 0.25) is 0 Å². The standard InChI is InChI=1S/C20H32N2O3S/c1-17(2)20(3)8-10-21(11-9-20)16-18-6-4-5-7-19(18)26(23,24)22-12-14-25-15-13-22/h4-7,17H,8-16H2,1-3H3. The number of hydrogen-bond acceptors (Lipinski definition) is 4. The summed E-state index contributed by atoms with van der Waals surface area (Å²) in [5, 5.41) is 0. The maximum Gasteiger partial charge on any atom is 0.243 e. The van der Waals surface area contributed by atoms with Crippen LogP contribution in [0.1, 0.15) is 39.2 Å². The summed E-state index contributed by atoms with van der Waals surface area (Å²) in [6.45, 7) is 11.6. The molecular formula is C20H32N2O3S. The maximum absolute atomic E-state index is 13.1. The zero-order chi connectivity index (χ0) is 18.8. The van der Waals surface area contributed by atoms with Crippen molar-refractivity contribution < 1.29 is 13.2 Å². The van der Waals surface area contributed by atoms with Gasteiger partial charge in [0.25, 0.3) is 0 Å². The molecule has 0 aromatic heterocycles. The van der Waals surface area contributed by atoms with Gasteiger partial charge >= 0.3 is 0 Å². The number of piperidine rings is 1. The molecule has 26 heavy (non-hydrogen) atoms. The van der Waals surface area contributed by atoms with Gasteiger partial charge in [0.05, 0.1) is 18.1 Å². The molecule has 2 saturated heterocycles. The van der Waals surface area contributed by atoms with Crippen molar-refractivity contribution in [3.8, 4) is 0 Å². The predicted octanol–water partition coefficient (Wildman–Crippen LogP) is 2.97. The molecule has 2 fully saturated rings. The molecule has 2 heterocycles. The Morgan fingerprint density at radius 2 is 1.69 bits per heavy atom. The third-order valence-electron chi connectivity index (χ3n) is 6.35.